The third-order valence-electron chi connectivity index (χ3n) is 3.97. The number of benzene rings is 1. The van der Waals surface area contributed by atoms with Gasteiger partial charge in [0, 0.05) is 6.42 Å². The van der Waals surface area contributed by atoms with E-state index in [1.165, 1.54) is 0 Å². The molecule has 0 saturated carbocycles. The fourth-order valence-electron chi connectivity index (χ4n) is 2.57. The summed E-state index contributed by atoms with van der Waals surface area (Å²) in [5.41, 5.74) is 1.82. The highest BCUT2D eigenvalue weighted by molar-refractivity contribution is 5.45. The smallest absolute Gasteiger partial charge is 0.263 e. The molecule has 0 atom stereocenters. The topological polar surface area (TPSA) is 81.4 Å². The SMILES string of the molecule is COc1cc(CCCC#N)ccc1OCc1nc(-c2ccco2)oc1C. The van der Waals surface area contributed by atoms with E-state index in [0.717, 1.165) is 18.4 Å². The summed E-state index contributed by atoms with van der Waals surface area (Å²) >= 11 is 0. The highest BCUT2D eigenvalue weighted by atomic mass is 16.5. The maximum absolute atomic E-state index is 8.64. The van der Waals surface area contributed by atoms with Crippen LogP contribution in [0.15, 0.2) is 45.4 Å². The van der Waals surface area contributed by atoms with Gasteiger partial charge >= 0.3 is 0 Å². The molecule has 0 bridgehead atoms. The largest absolute Gasteiger partial charge is 0.493 e. The number of aromatic nitrogens is 1. The second-order valence-electron chi connectivity index (χ2n) is 5.78. The van der Waals surface area contributed by atoms with Crippen molar-refractivity contribution in [3.8, 4) is 29.2 Å². The molecule has 0 radical (unpaired) electrons. The summed E-state index contributed by atoms with van der Waals surface area (Å²) in [5.74, 6) is 3.00. The highest BCUT2D eigenvalue weighted by Crippen LogP contribution is 2.30. The Morgan fingerprint density at radius 2 is 2.12 bits per heavy atom. The minimum absolute atomic E-state index is 0.264. The van der Waals surface area contributed by atoms with Crippen LogP contribution in [0.2, 0.25) is 0 Å². The Labute approximate surface area is 152 Å². The van der Waals surface area contributed by atoms with Crippen LogP contribution < -0.4 is 9.47 Å². The summed E-state index contributed by atoms with van der Waals surface area (Å²) in [5, 5.41) is 8.64. The molecule has 3 rings (SSSR count). The van der Waals surface area contributed by atoms with E-state index in [-0.39, 0.29) is 6.61 Å². The van der Waals surface area contributed by atoms with Crippen LogP contribution >= 0.6 is 0 Å². The van der Waals surface area contributed by atoms with E-state index >= 15 is 0 Å². The van der Waals surface area contributed by atoms with Crippen molar-refractivity contribution < 1.29 is 18.3 Å². The number of hydrogen-bond donors (Lipinski definition) is 0. The summed E-state index contributed by atoms with van der Waals surface area (Å²) in [6.45, 7) is 2.10. The maximum Gasteiger partial charge on any atom is 0.263 e. The number of oxazole rings is 1. The zero-order valence-electron chi connectivity index (χ0n) is 14.8. The third kappa shape index (κ3) is 4.06. The lowest BCUT2D eigenvalue weighted by molar-refractivity contribution is 0.279. The third-order valence-corrected chi connectivity index (χ3v) is 3.97. The minimum atomic E-state index is 0.264. The molecule has 1 aromatic carbocycles. The van der Waals surface area contributed by atoms with Gasteiger partial charge in [0.15, 0.2) is 17.3 Å². The average molecular weight is 352 g/mol. The normalized spacial score (nSPS) is 10.5. The van der Waals surface area contributed by atoms with Gasteiger partial charge in [-0.3, -0.25) is 0 Å². The number of unbranched alkanes of at least 4 members (excludes halogenated alkanes) is 1. The first-order valence-corrected chi connectivity index (χ1v) is 8.38. The van der Waals surface area contributed by atoms with Crippen LogP contribution in [0.5, 0.6) is 11.5 Å². The number of rotatable bonds is 8. The second-order valence-corrected chi connectivity index (χ2v) is 5.78. The van der Waals surface area contributed by atoms with Crippen molar-refractivity contribution in [2.75, 3.05) is 7.11 Å². The number of hydrogen-bond acceptors (Lipinski definition) is 6. The van der Waals surface area contributed by atoms with E-state index in [0.29, 0.717) is 41.0 Å². The molecule has 3 aromatic rings. The Morgan fingerprint density at radius 3 is 2.85 bits per heavy atom. The highest BCUT2D eigenvalue weighted by Gasteiger charge is 2.15. The monoisotopic (exact) mass is 352 g/mol. The number of ether oxygens (including phenoxy) is 2. The van der Waals surface area contributed by atoms with E-state index in [1.807, 2.05) is 25.1 Å². The van der Waals surface area contributed by atoms with Crippen LogP contribution in [0.1, 0.15) is 29.9 Å². The molecule has 0 saturated heterocycles. The quantitative estimate of drug-likeness (QED) is 0.548. The molecule has 0 amide bonds. The lowest BCUT2D eigenvalue weighted by Crippen LogP contribution is -2.00. The number of methoxy groups -OCH3 is 1. The molecule has 134 valence electrons. The van der Waals surface area contributed by atoms with Crippen molar-refractivity contribution in [1.29, 1.82) is 5.26 Å². The molecule has 6 nitrogen and oxygen atoms in total. The molecular formula is C20H20N2O4. The van der Waals surface area contributed by atoms with Crippen LogP contribution in [0, 0.1) is 18.3 Å². The van der Waals surface area contributed by atoms with Crippen molar-refractivity contribution in [2.24, 2.45) is 0 Å². The number of furan rings is 1. The van der Waals surface area contributed by atoms with Crippen molar-refractivity contribution in [1.82, 2.24) is 4.98 Å². The maximum atomic E-state index is 8.64. The Hall–Kier alpha value is -3.20. The molecule has 0 aliphatic heterocycles. The van der Waals surface area contributed by atoms with Crippen molar-refractivity contribution in [3.05, 3.63) is 53.6 Å². The molecule has 2 aromatic heterocycles. The van der Waals surface area contributed by atoms with Gasteiger partial charge in [0.25, 0.3) is 5.89 Å². The molecule has 6 heteroatoms. The molecule has 0 fully saturated rings. The number of nitriles is 1. The van der Waals surface area contributed by atoms with Gasteiger partial charge in [-0.05, 0) is 49.6 Å². The molecule has 0 spiro atoms. The summed E-state index contributed by atoms with van der Waals surface area (Å²) in [4.78, 5) is 4.43. The molecule has 0 aliphatic rings. The van der Waals surface area contributed by atoms with Crippen LogP contribution in [-0.4, -0.2) is 12.1 Å². The van der Waals surface area contributed by atoms with E-state index in [9.17, 15) is 0 Å². The van der Waals surface area contributed by atoms with Crippen molar-refractivity contribution in [2.45, 2.75) is 32.8 Å². The van der Waals surface area contributed by atoms with E-state index in [4.69, 9.17) is 23.6 Å². The molecule has 2 heterocycles. The zero-order chi connectivity index (χ0) is 18.4. The van der Waals surface area contributed by atoms with Gasteiger partial charge in [0.1, 0.15) is 18.1 Å². The van der Waals surface area contributed by atoms with Gasteiger partial charge in [-0.25, -0.2) is 4.98 Å². The van der Waals surface area contributed by atoms with E-state index in [1.54, 1.807) is 25.5 Å². The first-order chi connectivity index (χ1) is 12.7. The Morgan fingerprint density at radius 1 is 1.23 bits per heavy atom. The standard InChI is InChI=1S/C20H20N2O4/c1-14-16(22-20(26-14)18-7-5-11-24-18)13-25-17-9-8-15(6-3-4-10-21)12-19(17)23-2/h5,7-9,11-12H,3-4,6,13H2,1-2H3. The van der Waals surface area contributed by atoms with Gasteiger partial charge in [0.05, 0.1) is 19.4 Å². The van der Waals surface area contributed by atoms with E-state index < -0.39 is 0 Å². The average Bonchev–Trinajstić information content (AvgIpc) is 3.30. The first kappa shape index (κ1) is 17.6. The Kier molecular flexibility index (Phi) is 5.59. The van der Waals surface area contributed by atoms with Crippen LogP contribution in [-0.2, 0) is 13.0 Å². The lowest BCUT2D eigenvalue weighted by Gasteiger charge is -2.11. The summed E-state index contributed by atoms with van der Waals surface area (Å²) < 4.78 is 22.2. The molecule has 0 aliphatic carbocycles. The van der Waals surface area contributed by atoms with Gasteiger partial charge in [-0.15, -0.1) is 0 Å². The number of nitrogens with zero attached hydrogens (tertiary/aromatic N) is 2. The number of aryl methyl sites for hydroxylation is 2. The van der Waals surface area contributed by atoms with Crippen molar-refractivity contribution >= 4 is 0 Å². The summed E-state index contributed by atoms with van der Waals surface area (Å²) in [6.07, 6.45) is 3.78. The fourth-order valence-corrected chi connectivity index (χ4v) is 2.57. The first-order valence-electron chi connectivity index (χ1n) is 8.38. The van der Waals surface area contributed by atoms with Gasteiger partial charge in [0.2, 0.25) is 0 Å². The summed E-state index contributed by atoms with van der Waals surface area (Å²) in [7, 11) is 1.61. The minimum Gasteiger partial charge on any atom is -0.493 e. The second kappa shape index (κ2) is 8.26. The lowest BCUT2D eigenvalue weighted by atomic mass is 10.1. The zero-order valence-corrected chi connectivity index (χ0v) is 14.8. The van der Waals surface area contributed by atoms with Crippen molar-refractivity contribution in [3.63, 3.8) is 0 Å². The summed E-state index contributed by atoms with van der Waals surface area (Å²) in [6, 6.07) is 11.5. The predicted molar refractivity (Wildman–Crippen MR) is 94.8 cm³/mol. The van der Waals surface area contributed by atoms with Gasteiger partial charge in [-0.2, -0.15) is 5.26 Å². The molecular weight excluding hydrogens is 332 g/mol. The molecule has 0 N–H and O–H groups in total. The Balaban J connectivity index is 1.68. The van der Waals surface area contributed by atoms with Gasteiger partial charge in [-0.1, -0.05) is 6.07 Å². The Bertz CT molecular complexity index is 891. The molecule has 26 heavy (non-hydrogen) atoms. The van der Waals surface area contributed by atoms with Crippen LogP contribution in [0.25, 0.3) is 11.7 Å². The van der Waals surface area contributed by atoms with Gasteiger partial charge < -0.3 is 18.3 Å². The van der Waals surface area contributed by atoms with Crippen LogP contribution in [0.3, 0.4) is 0 Å². The predicted octanol–water partition coefficient (Wildman–Crippen LogP) is 4.68. The fraction of sp³-hybridized carbons (Fsp3) is 0.300. The van der Waals surface area contributed by atoms with E-state index in [2.05, 4.69) is 11.1 Å². The van der Waals surface area contributed by atoms with Crippen LogP contribution in [0.4, 0.5) is 0 Å². The molecule has 0 unspecified atom stereocenters.